The minimum absolute atomic E-state index is 0.671. The summed E-state index contributed by atoms with van der Waals surface area (Å²) in [5, 5.41) is 31.1. The first-order valence-electron chi connectivity index (χ1n) is 26.7. The zero-order valence-corrected chi connectivity index (χ0v) is 45.3. The van der Waals surface area contributed by atoms with Crippen molar-refractivity contribution in [2.24, 2.45) is 0 Å². The maximum atomic E-state index is 8.32. The molecule has 3 aromatic carbocycles. The van der Waals surface area contributed by atoms with Crippen LogP contribution in [-0.4, -0.2) is 130 Å². The number of nitrogens with zero attached hydrogens (tertiary/aromatic N) is 6. The van der Waals surface area contributed by atoms with Crippen molar-refractivity contribution in [3.8, 4) is 0 Å². The van der Waals surface area contributed by atoms with Gasteiger partial charge in [-0.15, -0.1) is 34.0 Å². The summed E-state index contributed by atoms with van der Waals surface area (Å²) in [6, 6.07) is 34.9. The van der Waals surface area contributed by atoms with Crippen LogP contribution in [0.3, 0.4) is 0 Å². The minimum atomic E-state index is 0.671. The monoisotopic (exact) mass is 1020 g/mol. The van der Waals surface area contributed by atoms with Crippen molar-refractivity contribution < 1.29 is 0 Å². The third-order valence-corrected chi connectivity index (χ3v) is 18.7. The molecule has 0 bridgehead atoms. The zero-order valence-electron chi connectivity index (χ0n) is 42.9. The number of hydrogen-bond acceptors (Lipinski definition) is 12. The topological polar surface area (TPSA) is 91.0 Å². The maximum Gasteiger partial charge on any atom is 0.0529 e. The Balaban J connectivity index is 0.000000124. The molecule has 12 heteroatoms. The van der Waals surface area contributed by atoms with Crippen molar-refractivity contribution in [1.29, 1.82) is 16.2 Å². The molecule has 0 radical (unpaired) electrons. The first kappa shape index (κ1) is 50.6. The largest absolute Gasteiger partial charge is 0.367 e. The number of likely N-dealkylation sites (N-methyl/N-ethyl adjacent to an activating group) is 3. The van der Waals surface area contributed by atoms with E-state index in [9.17, 15) is 0 Å². The Morgan fingerprint density at radius 3 is 0.986 bits per heavy atom. The Bertz CT molecular complexity index is 2470. The third kappa shape index (κ3) is 12.2. The molecular formula is C60H75N9S3. The van der Waals surface area contributed by atoms with Gasteiger partial charge in [-0.2, -0.15) is 0 Å². The van der Waals surface area contributed by atoms with E-state index in [1.165, 1.54) is 167 Å². The van der Waals surface area contributed by atoms with E-state index in [2.05, 4.69) is 105 Å². The molecule has 12 rings (SSSR count). The van der Waals surface area contributed by atoms with Crippen molar-refractivity contribution >= 4 is 68.2 Å². The summed E-state index contributed by atoms with van der Waals surface area (Å²) >= 11 is 4.98. The highest BCUT2D eigenvalue weighted by Gasteiger charge is 2.32. The van der Waals surface area contributed by atoms with Crippen molar-refractivity contribution in [1.82, 2.24) is 14.7 Å². The number of aryl methyl sites for hydroxylation is 3. The fraction of sp³-hybridized carbons (Fsp3) is 0.450. The van der Waals surface area contributed by atoms with Gasteiger partial charge in [0.2, 0.25) is 0 Å². The van der Waals surface area contributed by atoms with Gasteiger partial charge >= 0.3 is 0 Å². The number of fused-ring (bicyclic) bond motifs is 3. The van der Waals surface area contributed by atoms with E-state index in [0.717, 1.165) is 51.0 Å². The lowest BCUT2D eigenvalue weighted by atomic mass is 9.95. The highest BCUT2D eigenvalue weighted by molar-refractivity contribution is 7.12. The standard InChI is InChI=1S/3C20H25N3S/c3*1-22-10-8-17(14-22)23-9-2-4-16-12-15(6-7-19(16)23)13-18(21)20-5-3-11-24-20/h3*3,5-7,11-12,17,21H,2,4,8-10,13-14H2,1H3. The van der Waals surface area contributed by atoms with E-state index in [-0.39, 0.29) is 0 Å². The van der Waals surface area contributed by atoms with Crippen molar-refractivity contribution in [2.45, 2.75) is 95.2 Å². The van der Waals surface area contributed by atoms with Crippen molar-refractivity contribution in [3.05, 3.63) is 155 Å². The predicted octanol–water partition coefficient (Wildman–Crippen LogP) is 11.4. The SMILES string of the molecule is CN1CCC(N2CCCc3cc(CC(=N)c4cccs4)ccc32)C1.CN1CCC(N2CCCc3cc(CC(=N)c4cccs4)ccc32)C1.CN1CCC(N2CCCc3cc(CC(=N)c4cccs4)ccc32)C1. The van der Waals surface area contributed by atoms with Crippen molar-refractivity contribution in [2.75, 3.05) is 94.7 Å². The molecular weight excluding hydrogens is 943 g/mol. The average molecular weight is 1020 g/mol. The second-order valence-electron chi connectivity index (χ2n) is 21.3. The van der Waals surface area contributed by atoms with Crippen LogP contribution in [0.1, 0.15) is 86.5 Å². The number of rotatable bonds is 12. The van der Waals surface area contributed by atoms with Gasteiger partial charge in [-0.3, -0.25) is 0 Å². The van der Waals surface area contributed by atoms with E-state index < -0.39 is 0 Å². The Kier molecular flexibility index (Phi) is 16.5. The number of likely N-dealkylation sites (tertiary alicyclic amines) is 3. The molecule has 6 aliphatic heterocycles. The number of nitrogens with one attached hydrogen (secondary N) is 3. The van der Waals surface area contributed by atoms with E-state index >= 15 is 0 Å². The Morgan fingerprint density at radius 2 is 0.736 bits per heavy atom. The Hall–Kier alpha value is -4.95. The first-order valence-corrected chi connectivity index (χ1v) is 29.3. The maximum absolute atomic E-state index is 8.32. The molecule has 3 aromatic heterocycles. The fourth-order valence-corrected chi connectivity index (χ4v) is 14.3. The van der Waals surface area contributed by atoms with Crippen molar-refractivity contribution in [3.63, 3.8) is 0 Å². The molecule has 0 amide bonds. The number of hydrogen-bond donors (Lipinski definition) is 3. The molecule has 3 atom stereocenters. The number of benzene rings is 3. The molecule has 3 N–H and O–H groups in total. The minimum Gasteiger partial charge on any atom is -0.367 e. The molecule has 0 saturated carbocycles. The van der Waals surface area contributed by atoms with Crippen LogP contribution < -0.4 is 14.7 Å². The molecule has 6 aromatic rings. The summed E-state index contributed by atoms with van der Waals surface area (Å²) in [5.41, 5.74) is 14.8. The predicted molar refractivity (Wildman–Crippen MR) is 309 cm³/mol. The zero-order chi connectivity index (χ0) is 49.6. The van der Waals surface area contributed by atoms with Gasteiger partial charge in [0.1, 0.15) is 0 Å². The summed E-state index contributed by atoms with van der Waals surface area (Å²) in [4.78, 5) is 18.5. The molecule has 3 unspecified atom stereocenters. The van der Waals surface area contributed by atoms with Crippen LogP contribution in [-0.2, 0) is 38.5 Å². The smallest absolute Gasteiger partial charge is 0.0529 e. The van der Waals surface area contributed by atoms with Crippen LogP contribution in [0, 0.1) is 16.2 Å². The van der Waals surface area contributed by atoms with E-state index in [1.807, 2.05) is 52.5 Å². The lowest BCUT2D eigenvalue weighted by Crippen LogP contribution is -2.40. The molecule has 0 aliphatic carbocycles. The van der Waals surface area contributed by atoms with E-state index in [4.69, 9.17) is 16.2 Å². The van der Waals surface area contributed by atoms with Crippen LogP contribution in [0.15, 0.2) is 107 Å². The summed E-state index contributed by atoms with van der Waals surface area (Å²) in [6.07, 6.45) is 13.3. The van der Waals surface area contributed by atoms with Crippen LogP contribution in [0.2, 0.25) is 0 Å². The summed E-state index contributed by atoms with van der Waals surface area (Å²) in [7, 11) is 6.68. The molecule has 9 heterocycles. The first-order chi connectivity index (χ1) is 35.1. The van der Waals surface area contributed by atoms with E-state index in [1.54, 1.807) is 34.0 Å². The Labute approximate surface area is 441 Å². The van der Waals surface area contributed by atoms with Gasteiger partial charge < -0.3 is 45.6 Å². The number of thiophene rings is 3. The molecule has 3 fully saturated rings. The van der Waals surface area contributed by atoms with Crippen LogP contribution >= 0.6 is 34.0 Å². The molecule has 9 nitrogen and oxygen atoms in total. The normalized spacial score (nSPS) is 21.0. The van der Waals surface area contributed by atoms with Crippen LogP contribution in [0.4, 0.5) is 17.1 Å². The van der Waals surface area contributed by atoms with Gasteiger partial charge in [-0.25, -0.2) is 0 Å². The van der Waals surface area contributed by atoms with E-state index in [0.29, 0.717) is 18.1 Å². The Morgan fingerprint density at radius 1 is 0.431 bits per heavy atom. The fourth-order valence-electron chi connectivity index (χ4n) is 12.2. The second kappa shape index (κ2) is 23.5. The molecule has 378 valence electrons. The van der Waals surface area contributed by atoms with Gasteiger partial charge in [-0.1, -0.05) is 54.6 Å². The highest BCUT2D eigenvalue weighted by atomic mass is 32.1. The van der Waals surface area contributed by atoms with Gasteiger partial charge in [0.25, 0.3) is 0 Å². The summed E-state index contributed by atoms with van der Waals surface area (Å²) in [6.45, 7) is 10.8. The van der Waals surface area contributed by atoms with Gasteiger partial charge in [0.15, 0.2) is 0 Å². The quantitative estimate of drug-likeness (QED) is 0.106. The number of anilines is 3. The molecule has 3 saturated heterocycles. The highest BCUT2D eigenvalue weighted by Crippen LogP contribution is 2.35. The summed E-state index contributed by atoms with van der Waals surface area (Å²) in [5.74, 6) is 0. The summed E-state index contributed by atoms with van der Waals surface area (Å²) < 4.78 is 0. The molecule has 0 spiro atoms. The lowest BCUT2D eigenvalue weighted by Gasteiger charge is -2.36. The lowest BCUT2D eigenvalue weighted by molar-refractivity contribution is 0.406. The van der Waals surface area contributed by atoms with Gasteiger partial charge in [0.05, 0.1) is 17.1 Å². The molecule has 6 aliphatic rings. The van der Waals surface area contributed by atoms with Gasteiger partial charge in [0, 0.05) is 108 Å². The van der Waals surface area contributed by atoms with Crippen LogP contribution in [0.25, 0.3) is 0 Å². The van der Waals surface area contributed by atoms with Gasteiger partial charge in [-0.05, 0) is 184 Å². The van der Waals surface area contributed by atoms with Crippen LogP contribution in [0.5, 0.6) is 0 Å². The average Bonchev–Trinajstić information content (AvgIpc) is 4.26. The second-order valence-corrected chi connectivity index (χ2v) is 24.1. The third-order valence-electron chi connectivity index (χ3n) is 15.9. The molecule has 72 heavy (non-hydrogen) atoms.